The van der Waals surface area contributed by atoms with Gasteiger partial charge in [-0.15, -0.1) is 0 Å². The van der Waals surface area contributed by atoms with Gasteiger partial charge < -0.3 is 20.9 Å². The maximum Gasteiger partial charge on any atom is 0.490 e. The van der Waals surface area contributed by atoms with E-state index in [1.54, 1.807) is 0 Å². The Labute approximate surface area is 169 Å². The number of rotatable bonds is 7. The first-order valence-electron chi connectivity index (χ1n) is 9.66. The number of nitrogens with zero attached hydrogens (tertiary/aromatic N) is 1. The highest BCUT2D eigenvalue weighted by molar-refractivity contribution is 5.78. The standard InChI is InChI=1S/C18H29N3O.C2HF3O2/c1-15(13-22-14-16-8-4-2-5-9-16)12-20-18(19)21-17-10-6-3-7-11-17;3-2(4,5)1(6)7/h2,4-5,8-9,15,17H,3,6-7,10-14H2,1H3,(H3,19,20,21);(H,6,7). The van der Waals surface area contributed by atoms with Crippen LogP contribution in [0.5, 0.6) is 0 Å². The lowest BCUT2D eigenvalue weighted by atomic mass is 9.96. The second-order valence-corrected chi connectivity index (χ2v) is 7.11. The van der Waals surface area contributed by atoms with E-state index in [2.05, 4.69) is 29.4 Å². The summed E-state index contributed by atoms with van der Waals surface area (Å²) in [5.74, 6) is -1.80. The predicted molar refractivity (Wildman–Crippen MR) is 105 cm³/mol. The van der Waals surface area contributed by atoms with Crippen LogP contribution < -0.4 is 11.1 Å². The zero-order valence-corrected chi connectivity index (χ0v) is 16.6. The summed E-state index contributed by atoms with van der Waals surface area (Å²) in [5, 5.41) is 10.5. The first-order chi connectivity index (χ1) is 13.7. The van der Waals surface area contributed by atoms with Crippen LogP contribution >= 0.6 is 0 Å². The Kier molecular flexibility index (Phi) is 11.1. The van der Waals surface area contributed by atoms with Crippen LogP contribution in [0.1, 0.15) is 44.6 Å². The zero-order chi connectivity index (χ0) is 21.7. The number of aliphatic carboxylic acids is 1. The molecule has 0 bridgehead atoms. The van der Waals surface area contributed by atoms with Gasteiger partial charge in [-0.2, -0.15) is 13.2 Å². The van der Waals surface area contributed by atoms with Crippen molar-refractivity contribution in [2.75, 3.05) is 13.2 Å². The topological polar surface area (TPSA) is 96.9 Å². The van der Waals surface area contributed by atoms with E-state index in [1.807, 2.05) is 18.2 Å². The van der Waals surface area contributed by atoms with Gasteiger partial charge in [0.2, 0.25) is 0 Å². The number of hydrogen-bond donors (Lipinski definition) is 3. The molecule has 1 fully saturated rings. The fraction of sp³-hybridized carbons (Fsp3) is 0.600. The van der Waals surface area contributed by atoms with Crippen molar-refractivity contribution in [1.29, 1.82) is 0 Å². The van der Waals surface area contributed by atoms with Crippen molar-refractivity contribution in [3.05, 3.63) is 35.9 Å². The van der Waals surface area contributed by atoms with Gasteiger partial charge in [0.1, 0.15) is 0 Å². The number of benzene rings is 1. The molecule has 164 valence electrons. The summed E-state index contributed by atoms with van der Waals surface area (Å²) in [7, 11) is 0. The molecule has 1 saturated carbocycles. The van der Waals surface area contributed by atoms with Gasteiger partial charge in [0, 0.05) is 12.6 Å². The quantitative estimate of drug-likeness (QED) is 0.464. The van der Waals surface area contributed by atoms with Crippen molar-refractivity contribution in [2.45, 2.75) is 57.9 Å². The Bertz CT molecular complexity index is 618. The molecule has 1 aromatic carbocycles. The number of carboxylic acids is 1. The average molecular weight is 417 g/mol. The summed E-state index contributed by atoms with van der Waals surface area (Å²) in [5.41, 5.74) is 7.18. The van der Waals surface area contributed by atoms with Crippen molar-refractivity contribution >= 4 is 11.9 Å². The van der Waals surface area contributed by atoms with Crippen LogP contribution in [0.4, 0.5) is 13.2 Å². The van der Waals surface area contributed by atoms with Gasteiger partial charge in [0.25, 0.3) is 0 Å². The predicted octanol–water partition coefficient (Wildman–Crippen LogP) is 3.71. The first kappa shape index (κ1) is 24.7. The zero-order valence-electron chi connectivity index (χ0n) is 16.6. The van der Waals surface area contributed by atoms with Gasteiger partial charge in [0.05, 0.1) is 13.2 Å². The van der Waals surface area contributed by atoms with Gasteiger partial charge in [-0.1, -0.05) is 56.5 Å². The molecule has 2 rings (SSSR count). The molecule has 0 aliphatic heterocycles. The number of guanidine groups is 1. The number of alkyl halides is 3. The smallest absolute Gasteiger partial charge is 0.475 e. The Balaban J connectivity index is 0.000000516. The number of hydrogen-bond acceptors (Lipinski definition) is 3. The first-order valence-corrected chi connectivity index (χ1v) is 9.66. The minimum absolute atomic E-state index is 0.371. The Morgan fingerprint density at radius 2 is 1.86 bits per heavy atom. The summed E-state index contributed by atoms with van der Waals surface area (Å²) in [6.07, 6.45) is 1.30. The monoisotopic (exact) mass is 417 g/mol. The van der Waals surface area contributed by atoms with Crippen molar-refractivity contribution in [3.63, 3.8) is 0 Å². The highest BCUT2D eigenvalue weighted by Gasteiger charge is 2.38. The van der Waals surface area contributed by atoms with Crippen molar-refractivity contribution in [3.8, 4) is 0 Å². The molecule has 0 spiro atoms. The summed E-state index contributed by atoms with van der Waals surface area (Å²) in [6, 6.07) is 10.8. The van der Waals surface area contributed by atoms with E-state index in [9.17, 15) is 13.2 Å². The van der Waals surface area contributed by atoms with Crippen LogP contribution in [0.3, 0.4) is 0 Å². The summed E-state index contributed by atoms with van der Waals surface area (Å²) < 4.78 is 37.5. The van der Waals surface area contributed by atoms with Gasteiger partial charge in [-0.05, 0) is 24.3 Å². The fourth-order valence-corrected chi connectivity index (χ4v) is 2.76. The van der Waals surface area contributed by atoms with Crippen LogP contribution in [-0.2, 0) is 16.1 Å². The molecule has 1 atom stereocenters. The SMILES string of the molecule is CC(CN=C(N)NC1CCCCC1)COCc1ccccc1.O=C(O)C(F)(F)F. The molecule has 1 aliphatic rings. The molecule has 0 aromatic heterocycles. The molecular formula is C20H30F3N3O3. The van der Waals surface area contributed by atoms with E-state index in [4.69, 9.17) is 20.4 Å². The second-order valence-electron chi connectivity index (χ2n) is 7.11. The van der Waals surface area contributed by atoms with E-state index in [-0.39, 0.29) is 0 Å². The third-order valence-electron chi connectivity index (χ3n) is 4.29. The van der Waals surface area contributed by atoms with E-state index in [0.29, 0.717) is 37.7 Å². The van der Waals surface area contributed by atoms with Crippen LogP contribution in [0.15, 0.2) is 35.3 Å². The van der Waals surface area contributed by atoms with E-state index in [1.165, 1.54) is 37.7 Å². The molecule has 0 radical (unpaired) electrons. The van der Waals surface area contributed by atoms with Crippen molar-refractivity contribution < 1.29 is 27.8 Å². The van der Waals surface area contributed by atoms with Gasteiger partial charge in [-0.3, -0.25) is 4.99 Å². The lowest BCUT2D eigenvalue weighted by Crippen LogP contribution is -2.41. The summed E-state index contributed by atoms with van der Waals surface area (Å²) in [4.78, 5) is 13.3. The molecule has 9 heteroatoms. The summed E-state index contributed by atoms with van der Waals surface area (Å²) in [6.45, 7) is 4.21. The molecular weight excluding hydrogens is 387 g/mol. The lowest BCUT2D eigenvalue weighted by Gasteiger charge is -2.23. The Morgan fingerprint density at radius 3 is 2.41 bits per heavy atom. The third-order valence-corrected chi connectivity index (χ3v) is 4.29. The number of ether oxygens (including phenoxy) is 1. The van der Waals surface area contributed by atoms with E-state index < -0.39 is 12.1 Å². The summed E-state index contributed by atoms with van der Waals surface area (Å²) >= 11 is 0. The number of nitrogens with one attached hydrogen (secondary N) is 1. The van der Waals surface area contributed by atoms with Crippen LogP contribution in [0.25, 0.3) is 0 Å². The minimum Gasteiger partial charge on any atom is -0.475 e. The minimum atomic E-state index is -5.08. The molecule has 0 amide bonds. The van der Waals surface area contributed by atoms with E-state index in [0.717, 1.165) is 0 Å². The highest BCUT2D eigenvalue weighted by atomic mass is 19.4. The lowest BCUT2D eigenvalue weighted by molar-refractivity contribution is -0.192. The van der Waals surface area contributed by atoms with Crippen LogP contribution in [-0.4, -0.2) is 42.4 Å². The highest BCUT2D eigenvalue weighted by Crippen LogP contribution is 2.17. The number of nitrogens with two attached hydrogens (primary N) is 1. The number of halogens is 3. The third kappa shape index (κ3) is 12.0. The van der Waals surface area contributed by atoms with Gasteiger partial charge >= 0.3 is 12.1 Å². The molecule has 4 N–H and O–H groups in total. The largest absolute Gasteiger partial charge is 0.490 e. The number of aliphatic imine (C=N–C) groups is 1. The Hall–Kier alpha value is -2.29. The van der Waals surface area contributed by atoms with Crippen LogP contribution in [0.2, 0.25) is 0 Å². The average Bonchev–Trinajstić information content (AvgIpc) is 2.68. The molecule has 0 heterocycles. The molecule has 0 saturated heterocycles. The molecule has 1 unspecified atom stereocenters. The molecule has 1 aliphatic carbocycles. The Morgan fingerprint density at radius 1 is 1.28 bits per heavy atom. The van der Waals surface area contributed by atoms with Gasteiger partial charge in [0.15, 0.2) is 5.96 Å². The molecule has 1 aromatic rings. The van der Waals surface area contributed by atoms with E-state index >= 15 is 0 Å². The number of carboxylic acid groups (broad SMARTS) is 1. The molecule has 6 nitrogen and oxygen atoms in total. The maximum atomic E-state index is 10.6. The maximum absolute atomic E-state index is 10.6. The van der Waals surface area contributed by atoms with Gasteiger partial charge in [-0.25, -0.2) is 4.79 Å². The normalized spacial score (nSPS) is 16.5. The van der Waals surface area contributed by atoms with Crippen LogP contribution in [0, 0.1) is 5.92 Å². The second kappa shape index (κ2) is 13.0. The fourth-order valence-electron chi connectivity index (χ4n) is 2.76. The molecule has 29 heavy (non-hydrogen) atoms. The van der Waals surface area contributed by atoms with Crippen molar-refractivity contribution in [1.82, 2.24) is 5.32 Å². The van der Waals surface area contributed by atoms with Crippen molar-refractivity contribution in [2.24, 2.45) is 16.6 Å². The number of carbonyl (C=O) groups is 1.